The summed E-state index contributed by atoms with van der Waals surface area (Å²) in [4.78, 5) is 0. The summed E-state index contributed by atoms with van der Waals surface area (Å²) in [7, 11) is 0. The van der Waals surface area contributed by atoms with E-state index in [1.807, 2.05) is 12.2 Å². The SMILES string of the molecule is C=C(Br)/C=C\C(=C)Br. The summed E-state index contributed by atoms with van der Waals surface area (Å²) in [5.41, 5.74) is 0. The summed E-state index contributed by atoms with van der Waals surface area (Å²) < 4.78 is 1.69. The molecular formula is C6H6Br2. The van der Waals surface area contributed by atoms with Crippen LogP contribution in [0.1, 0.15) is 0 Å². The third kappa shape index (κ3) is 6.18. The zero-order valence-corrected chi connectivity index (χ0v) is 7.50. The smallest absolute Gasteiger partial charge is 0.0103 e. The third-order valence-corrected chi connectivity index (χ3v) is 0.974. The van der Waals surface area contributed by atoms with Crippen LogP contribution in [0.2, 0.25) is 0 Å². The average molecular weight is 238 g/mol. The van der Waals surface area contributed by atoms with Crippen LogP contribution >= 0.6 is 31.9 Å². The highest BCUT2D eigenvalue weighted by molar-refractivity contribution is 9.12. The summed E-state index contributed by atoms with van der Waals surface area (Å²) in [6, 6.07) is 0. The van der Waals surface area contributed by atoms with Crippen LogP contribution in [0.5, 0.6) is 0 Å². The van der Waals surface area contributed by atoms with Gasteiger partial charge in [-0.05, 0) is 12.2 Å². The van der Waals surface area contributed by atoms with Crippen LogP contribution in [0.25, 0.3) is 0 Å². The van der Waals surface area contributed by atoms with E-state index in [4.69, 9.17) is 0 Å². The van der Waals surface area contributed by atoms with Crippen molar-refractivity contribution in [2.45, 2.75) is 0 Å². The zero-order valence-electron chi connectivity index (χ0n) is 4.32. The van der Waals surface area contributed by atoms with Gasteiger partial charge in [-0.1, -0.05) is 45.0 Å². The molecule has 0 bridgehead atoms. The van der Waals surface area contributed by atoms with Crippen LogP contribution in [-0.4, -0.2) is 0 Å². The Morgan fingerprint density at radius 1 is 1.00 bits per heavy atom. The second-order valence-electron chi connectivity index (χ2n) is 1.23. The average Bonchev–Trinajstić information content (AvgIpc) is 1.61. The number of halogens is 2. The van der Waals surface area contributed by atoms with E-state index in [0.29, 0.717) is 0 Å². The zero-order chi connectivity index (χ0) is 6.57. The molecule has 0 saturated heterocycles. The molecule has 0 aromatic carbocycles. The minimum absolute atomic E-state index is 0.845. The Morgan fingerprint density at radius 3 is 1.38 bits per heavy atom. The second-order valence-corrected chi connectivity index (χ2v) is 3.26. The fraction of sp³-hybridized carbons (Fsp3) is 0. The van der Waals surface area contributed by atoms with Gasteiger partial charge >= 0.3 is 0 Å². The highest BCUT2D eigenvalue weighted by Gasteiger charge is 1.76. The maximum absolute atomic E-state index is 3.60. The molecule has 0 N–H and O–H groups in total. The summed E-state index contributed by atoms with van der Waals surface area (Å²) in [5.74, 6) is 0. The topological polar surface area (TPSA) is 0 Å². The van der Waals surface area contributed by atoms with Crippen molar-refractivity contribution >= 4 is 31.9 Å². The number of hydrogen-bond acceptors (Lipinski definition) is 0. The van der Waals surface area contributed by atoms with Crippen molar-refractivity contribution in [1.29, 1.82) is 0 Å². The molecule has 0 radical (unpaired) electrons. The quantitative estimate of drug-likeness (QED) is 0.647. The molecule has 0 heterocycles. The van der Waals surface area contributed by atoms with Crippen molar-refractivity contribution < 1.29 is 0 Å². The standard InChI is InChI=1S/C6H6Br2/c1-5(7)3-4-6(2)8/h3-4H,1-2H2/b4-3-. The molecule has 0 spiro atoms. The van der Waals surface area contributed by atoms with Gasteiger partial charge in [0.05, 0.1) is 0 Å². The first-order chi connectivity index (χ1) is 3.63. The Hall–Kier alpha value is 0.180. The fourth-order valence-electron chi connectivity index (χ4n) is 0.181. The normalized spacial score (nSPS) is 9.75. The molecular weight excluding hydrogens is 232 g/mol. The summed E-state index contributed by atoms with van der Waals surface area (Å²) in [6.45, 7) is 7.19. The Kier molecular flexibility index (Phi) is 4.19. The van der Waals surface area contributed by atoms with Crippen molar-refractivity contribution in [1.82, 2.24) is 0 Å². The monoisotopic (exact) mass is 236 g/mol. The fourth-order valence-corrected chi connectivity index (χ4v) is 0.445. The Balaban J connectivity index is 3.67. The third-order valence-electron chi connectivity index (χ3n) is 0.445. The number of hydrogen-bond donors (Lipinski definition) is 0. The van der Waals surface area contributed by atoms with E-state index in [9.17, 15) is 0 Å². The number of rotatable bonds is 2. The summed E-state index contributed by atoms with van der Waals surface area (Å²) >= 11 is 6.32. The summed E-state index contributed by atoms with van der Waals surface area (Å²) in [6.07, 6.45) is 3.63. The second kappa shape index (κ2) is 4.10. The van der Waals surface area contributed by atoms with Crippen molar-refractivity contribution in [3.8, 4) is 0 Å². The van der Waals surface area contributed by atoms with Gasteiger partial charge < -0.3 is 0 Å². The van der Waals surface area contributed by atoms with Gasteiger partial charge in [0.1, 0.15) is 0 Å². The van der Waals surface area contributed by atoms with Crippen molar-refractivity contribution in [2.75, 3.05) is 0 Å². The van der Waals surface area contributed by atoms with Gasteiger partial charge in [-0.25, -0.2) is 0 Å². The first kappa shape index (κ1) is 8.18. The van der Waals surface area contributed by atoms with E-state index in [1.165, 1.54) is 0 Å². The summed E-state index contributed by atoms with van der Waals surface area (Å²) in [5, 5.41) is 0. The maximum atomic E-state index is 3.60. The van der Waals surface area contributed by atoms with Gasteiger partial charge in [-0.15, -0.1) is 0 Å². The lowest BCUT2D eigenvalue weighted by atomic mass is 10.5. The van der Waals surface area contributed by atoms with E-state index in [0.717, 1.165) is 8.96 Å². The van der Waals surface area contributed by atoms with Crippen molar-refractivity contribution in [3.05, 3.63) is 34.3 Å². The van der Waals surface area contributed by atoms with Crippen LogP contribution in [-0.2, 0) is 0 Å². The molecule has 0 aliphatic carbocycles. The molecule has 0 nitrogen and oxygen atoms in total. The molecule has 0 aromatic heterocycles. The minimum Gasteiger partial charge on any atom is -0.0847 e. The lowest BCUT2D eigenvalue weighted by molar-refractivity contribution is 1.92. The molecule has 2 heteroatoms. The molecule has 0 fully saturated rings. The van der Waals surface area contributed by atoms with Gasteiger partial charge in [-0.2, -0.15) is 0 Å². The predicted octanol–water partition coefficient (Wildman–Crippen LogP) is 3.36. The molecule has 0 aliphatic heterocycles. The van der Waals surface area contributed by atoms with Crippen LogP contribution in [0, 0.1) is 0 Å². The lowest BCUT2D eigenvalue weighted by Gasteiger charge is -1.80. The van der Waals surface area contributed by atoms with E-state index < -0.39 is 0 Å². The van der Waals surface area contributed by atoms with Crippen LogP contribution in [0.3, 0.4) is 0 Å². The largest absolute Gasteiger partial charge is 0.0847 e. The van der Waals surface area contributed by atoms with Gasteiger partial charge in [0, 0.05) is 8.96 Å². The molecule has 44 valence electrons. The van der Waals surface area contributed by atoms with Crippen molar-refractivity contribution in [2.24, 2.45) is 0 Å². The van der Waals surface area contributed by atoms with E-state index in [2.05, 4.69) is 45.0 Å². The molecule has 0 aromatic rings. The molecule has 0 amide bonds. The number of allylic oxidation sites excluding steroid dienone is 4. The molecule has 8 heavy (non-hydrogen) atoms. The van der Waals surface area contributed by atoms with Crippen LogP contribution < -0.4 is 0 Å². The molecule has 0 unspecified atom stereocenters. The molecule has 0 saturated carbocycles. The van der Waals surface area contributed by atoms with E-state index in [-0.39, 0.29) is 0 Å². The molecule has 0 rings (SSSR count). The Morgan fingerprint density at radius 2 is 1.25 bits per heavy atom. The minimum atomic E-state index is 0.845. The van der Waals surface area contributed by atoms with Gasteiger partial charge in [-0.3, -0.25) is 0 Å². The van der Waals surface area contributed by atoms with Gasteiger partial charge in [0.2, 0.25) is 0 Å². The Bertz CT molecular complexity index is 117. The molecule has 0 aliphatic rings. The first-order valence-corrected chi connectivity index (χ1v) is 3.58. The lowest BCUT2D eigenvalue weighted by Crippen LogP contribution is -1.55. The van der Waals surface area contributed by atoms with E-state index >= 15 is 0 Å². The molecule has 0 atom stereocenters. The van der Waals surface area contributed by atoms with Crippen LogP contribution in [0.4, 0.5) is 0 Å². The van der Waals surface area contributed by atoms with Crippen molar-refractivity contribution in [3.63, 3.8) is 0 Å². The highest BCUT2D eigenvalue weighted by atomic mass is 79.9. The van der Waals surface area contributed by atoms with Gasteiger partial charge in [0.25, 0.3) is 0 Å². The highest BCUT2D eigenvalue weighted by Crippen LogP contribution is 2.07. The van der Waals surface area contributed by atoms with E-state index in [1.54, 1.807) is 0 Å². The maximum Gasteiger partial charge on any atom is 0.0103 e. The Labute approximate surface area is 66.2 Å². The van der Waals surface area contributed by atoms with Crippen LogP contribution in [0.15, 0.2) is 34.3 Å². The first-order valence-electron chi connectivity index (χ1n) is 2.00. The predicted molar refractivity (Wildman–Crippen MR) is 45.3 cm³/mol. The van der Waals surface area contributed by atoms with Gasteiger partial charge in [0.15, 0.2) is 0 Å².